The highest BCUT2D eigenvalue weighted by Crippen LogP contribution is 2.02. The van der Waals surface area contributed by atoms with Gasteiger partial charge >= 0.3 is 0 Å². The Morgan fingerprint density at radius 1 is 1.75 bits per heavy atom. The molecule has 1 aromatic rings. The van der Waals surface area contributed by atoms with Gasteiger partial charge in [-0.3, -0.25) is 0 Å². The topological polar surface area (TPSA) is 85.7 Å². The van der Waals surface area contributed by atoms with Crippen molar-refractivity contribution in [2.45, 2.75) is 26.4 Å². The number of nitrogens with one attached hydrogen (secondary N) is 1. The van der Waals surface area contributed by atoms with Crippen LogP contribution in [0.4, 0.5) is 0 Å². The third kappa shape index (κ3) is 4.31. The third-order valence-corrected chi connectivity index (χ3v) is 1.90. The van der Waals surface area contributed by atoms with Crippen LogP contribution < -0.4 is 11.1 Å². The predicted molar refractivity (Wildman–Crippen MR) is 61.0 cm³/mol. The Morgan fingerprint density at radius 3 is 3.06 bits per heavy atom. The maximum absolute atomic E-state index is 5.68. The van der Waals surface area contributed by atoms with Crippen LogP contribution in [-0.4, -0.2) is 30.9 Å². The molecule has 0 aromatic carbocycles. The van der Waals surface area contributed by atoms with Crippen molar-refractivity contribution >= 4 is 5.96 Å². The Labute approximate surface area is 94.8 Å². The van der Waals surface area contributed by atoms with Gasteiger partial charge in [-0.2, -0.15) is 0 Å². The number of rotatable bonds is 5. The molecule has 90 valence electrons. The van der Waals surface area contributed by atoms with Crippen LogP contribution in [-0.2, 0) is 11.3 Å². The van der Waals surface area contributed by atoms with Gasteiger partial charge in [-0.15, -0.1) is 0 Å². The smallest absolute Gasteiger partial charge is 0.189 e. The fourth-order valence-corrected chi connectivity index (χ4v) is 1.25. The van der Waals surface area contributed by atoms with Crippen molar-refractivity contribution in [1.29, 1.82) is 0 Å². The molecule has 0 aliphatic rings. The lowest BCUT2D eigenvalue weighted by Gasteiger charge is -2.12. The molecular weight excluding hydrogens is 208 g/mol. The normalized spacial score (nSPS) is 13.8. The minimum absolute atomic E-state index is 0.132. The number of guanidine groups is 1. The van der Waals surface area contributed by atoms with Gasteiger partial charge in [-0.25, -0.2) is 4.99 Å². The number of nitrogens with two attached hydrogens (primary N) is 1. The Morgan fingerprint density at radius 2 is 2.50 bits per heavy atom. The summed E-state index contributed by atoms with van der Waals surface area (Å²) in [6.45, 7) is 4.80. The first-order chi connectivity index (χ1) is 7.61. The Hall–Kier alpha value is -1.56. The summed E-state index contributed by atoms with van der Waals surface area (Å²) in [6.07, 6.45) is 0. The van der Waals surface area contributed by atoms with Gasteiger partial charge in [0.1, 0.15) is 11.5 Å². The number of aromatic nitrogens is 1. The van der Waals surface area contributed by atoms with Gasteiger partial charge in [0.15, 0.2) is 5.96 Å². The zero-order chi connectivity index (χ0) is 12.0. The van der Waals surface area contributed by atoms with Gasteiger partial charge in [0.2, 0.25) is 0 Å². The van der Waals surface area contributed by atoms with Gasteiger partial charge in [-0.1, -0.05) is 5.16 Å². The van der Waals surface area contributed by atoms with Crippen molar-refractivity contribution in [3.63, 3.8) is 0 Å². The summed E-state index contributed by atoms with van der Waals surface area (Å²) in [5.41, 5.74) is 6.45. The largest absolute Gasteiger partial charge is 0.383 e. The first-order valence-corrected chi connectivity index (χ1v) is 5.09. The summed E-state index contributed by atoms with van der Waals surface area (Å²) in [5, 5.41) is 6.82. The molecule has 6 nitrogen and oxygen atoms in total. The molecule has 0 spiro atoms. The molecular formula is C10H18N4O2. The van der Waals surface area contributed by atoms with Gasteiger partial charge < -0.3 is 20.3 Å². The van der Waals surface area contributed by atoms with E-state index in [9.17, 15) is 0 Å². The number of methoxy groups -OCH3 is 1. The van der Waals surface area contributed by atoms with E-state index in [1.165, 1.54) is 0 Å². The van der Waals surface area contributed by atoms with Crippen molar-refractivity contribution in [2.24, 2.45) is 10.7 Å². The van der Waals surface area contributed by atoms with E-state index in [1.54, 1.807) is 7.11 Å². The van der Waals surface area contributed by atoms with Gasteiger partial charge in [0.05, 0.1) is 13.2 Å². The summed E-state index contributed by atoms with van der Waals surface area (Å²) in [5.74, 6) is 1.15. The Bertz CT molecular complexity index is 348. The van der Waals surface area contributed by atoms with E-state index in [-0.39, 0.29) is 6.04 Å². The molecule has 3 N–H and O–H groups in total. The van der Waals surface area contributed by atoms with E-state index in [0.717, 1.165) is 11.5 Å². The summed E-state index contributed by atoms with van der Waals surface area (Å²) in [6, 6.07) is 1.96. The number of aryl methyl sites for hydroxylation is 1. The van der Waals surface area contributed by atoms with Crippen LogP contribution in [0.1, 0.15) is 18.4 Å². The van der Waals surface area contributed by atoms with Crippen LogP contribution in [0.2, 0.25) is 0 Å². The van der Waals surface area contributed by atoms with Crippen molar-refractivity contribution in [1.82, 2.24) is 10.5 Å². The van der Waals surface area contributed by atoms with E-state index >= 15 is 0 Å². The molecule has 1 atom stereocenters. The molecule has 6 heteroatoms. The lowest BCUT2D eigenvalue weighted by Crippen LogP contribution is -2.40. The second-order valence-corrected chi connectivity index (χ2v) is 3.63. The summed E-state index contributed by atoms with van der Waals surface area (Å²) >= 11 is 0. The quantitative estimate of drug-likeness (QED) is 0.561. The molecule has 0 aliphatic heterocycles. The van der Waals surface area contributed by atoms with Crippen molar-refractivity contribution in [2.75, 3.05) is 13.7 Å². The third-order valence-electron chi connectivity index (χ3n) is 1.90. The van der Waals surface area contributed by atoms with Gasteiger partial charge in [0.25, 0.3) is 0 Å². The fraction of sp³-hybridized carbons (Fsp3) is 0.600. The Balaban J connectivity index is 2.39. The summed E-state index contributed by atoms with van der Waals surface area (Å²) in [4.78, 5) is 4.14. The van der Waals surface area contributed by atoms with Crippen LogP contribution in [0, 0.1) is 6.92 Å². The molecule has 0 amide bonds. The zero-order valence-electron chi connectivity index (χ0n) is 9.86. The lowest BCUT2D eigenvalue weighted by atomic mass is 10.4. The van der Waals surface area contributed by atoms with E-state index in [4.69, 9.17) is 15.0 Å². The standard InChI is InChI=1S/C10H18N4O2/c1-7(6-15-3)13-10(11)12-5-9-4-8(2)16-14-9/h4,7H,5-6H2,1-3H3,(H3,11,12,13). The van der Waals surface area contributed by atoms with Crippen LogP contribution in [0.5, 0.6) is 0 Å². The van der Waals surface area contributed by atoms with Crippen LogP contribution >= 0.6 is 0 Å². The highest BCUT2D eigenvalue weighted by Gasteiger charge is 2.02. The maximum atomic E-state index is 5.68. The van der Waals surface area contributed by atoms with E-state index < -0.39 is 0 Å². The molecule has 1 rings (SSSR count). The number of hydrogen-bond donors (Lipinski definition) is 2. The molecule has 0 bridgehead atoms. The number of hydrogen-bond acceptors (Lipinski definition) is 4. The predicted octanol–water partition coefficient (Wildman–Crippen LogP) is 0.422. The van der Waals surface area contributed by atoms with Crippen LogP contribution in [0.15, 0.2) is 15.6 Å². The first-order valence-electron chi connectivity index (χ1n) is 5.09. The van der Waals surface area contributed by atoms with Crippen molar-refractivity contribution in [3.05, 3.63) is 17.5 Å². The highest BCUT2D eigenvalue weighted by molar-refractivity contribution is 5.78. The molecule has 0 fully saturated rings. The lowest BCUT2D eigenvalue weighted by molar-refractivity contribution is 0.179. The molecule has 1 aromatic heterocycles. The molecule has 1 unspecified atom stereocenters. The minimum Gasteiger partial charge on any atom is -0.383 e. The van der Waals surface area contributed by atoms with Crippen LogP contribution in [0.3, 0.4) is 0 Å². The van der Waals surface area contributed by atoms with Crippen molar-refractivity contribution in [3.8, 4) is 0 Å². The molecule has 0 saturated heterocycles. The summed E-state index contributed by atoms with van der Waals surface area (Å²) in [7, 11) is 1.64. The average molecular weight is 226 g/mol. The van der Waals surface area contributed by atoms with Crippen molar-refractivity contribution < 1.29 is 9.26 Å². The second kappa shape index (κ2) is 6.12. The second-order valence-electron chi connectivity index (χ2n) is 3.63. The molecule has 16 heavy (non-hydrogen) atoms. The highest BCUT2D eigenvalue weighted by atomic mass is 16.5. The number of aliphatic imine (C=N–C) groups is 1. The molecule has 0 saturated carbocycles. The first kappa shape index (κ1) is 12.5. The number of nitrogens with zero attached hydrogens (tertiary/aromatic N) is 2. The maximum Gasteiger partial charge on any atom is 0.189 e. The fourth-order valence-electron chi connectivity index (χ4n) is 1.25. The molecule has 1 heterocycles. The van der Waals surface area contributed by atoms with E-state index in [1.807, 2.05) is 19.9 Å². The van der Waals surface area contributed by atoms with E-state index in [0.29, 0.717) is 19.1 Å². The number of ether oxygens (including phenoxy) is 1. The monoisotopic (exact) mass is 226 g/mol. The minimum atomic E-state index is 0.132. The average Bonchev–Trinajstić information content (AvgIpc) is 2.61. The molecule has 0 radical (unpaired) electrons. The van der Waals surface area contributed by atoms with Crippen LogP contribution in [0.25, 0.3) is 0 Å². The summed E-state index contributed by atoms with van der Waals surface area (Å²) < 4.78 is 9.89. The SMILES string of the molecule is COCC(C)NC(N)=NCc1cc(C)on1. The van der Waals surface area contributed by atoms with Gasteiger partial charge in [0, 0.05) is 19.2 Å². The zero-order valence-corrected chi connectivity index (χ0v) is 9.86. The Kier molecular flexibility index (Phi) is 4.78. The van der Waals surface area contributed by atoms with Gasteiger partial charge in [-0.05, 0) is 13.8 Å². The molecule has 0 aliphatic carbocycles. The van der Waals surface area contributed by atoms with E-state index in [2.05, 4.69) is 15.5 Å².